The molecule has 0 aliphatic carbocycles. The lowest BCUT2D eigenvalue weighted by Crippen LogP contribution is -2.41. The van der Waals surface area contributed by atoms with Crippen molar-refractivity contribution in [2.24, 2.45) is 0 Å². The van der Waals surface area contributed by atoms with E-state index in [1.54, 1.807) is 0 Å². The molecule has 0 N–H and O–H groups in total. The summed E-state index contributed by atoms with van der Waals surface area (Å²) in [4.78, 5) is 14.1. The van der Waals surface area contributed by atoms with Crippen LogP contribution in [0.25, 0.3) is 0 Å². The predicted octanol–water partition coefficient (Wildman–Crippen LogP) is 2.73. The van der Waals surface area contributed by atoms with Gasteiger partial charge in [0, 0.05) is 31.5 Å². The Morgan fingerprint density at radius 3 is 2.38 bits per heavy atom. The first-order valence-electron chi connectivity index (χ1n) is 7.41. The molecular formula is C17H20N2O2. The maximum absolute atomic E-state index is 12.2. The molecule has 0 atom stereocenters. The highest BCUT2D eigenvalue weighted by atomic mass is 16.5. The van der Waals surface area contributed by atoms with Crippen LogP contribution >= 0.6 is 0 Å². The molecule has 1 amide bonds. The molecule has 1 saturated heterocycles. The van der Waals surface area contributed by atoms with Gasteiger partial charge in [0.25, 0.3) is 5.91 Å². The smallest absolute Gasteiger partial charge is 0.260 e. The molecule has 0 unspecified atom stereocenters. The van der Waals surface area contributed by atoms with E-state index in [2.05, 4.69) is 17.0 Å². The fraction of sp³-hybridized carbons (Fsp3) is 0.353. The van der Waals surface area contributed by atoms with Crippen molar-refractivity contribution in [3.63, 3.8) is 0 Å². The highest BCUT2D eigenvalue weighted by Crippen LogP contribution is 2.22. The summed E-state index contributed by atoms with van der Waals surface area (Å²) in [6.07, 6.45) is 6.21. The fourth-order valence-electron chi connectivity index (χ4n) is 2.76. The molecule has 0 bridgehead atoms. The van der Waals surface area contributed by atoms with Crippen molar-refractivity contribution in [1.82, 2.24) is 9.47 Å². The monoisotopic (exact) mass is 284 g/mol. The van der Waals surface area contributed by atoms with E-state index in [1.807, 2.05) is 47.4 Å². The second-order valence-corrected chi connectivity index (χ2v) is 5.34. The number of hydrogen-bond donors (Lipinski definition) is 0. The lowest BCUT2D eigenvalue weighted by molar-refractivity contribution is -0.134. The Bertz CT molecular complexity index is 558. The SMILES string of the molecule is O=C(COc1ccccc1)N1CCC(n2cccc2)CC1. The molecular weight excluding hydrogens is 264 g/mol. The number of carbonyl (C=O) groups is 1. The van der Waals surface area contributed by atoms with Gasteiger partial charge in [0.05, 0.1) is 0 Å². The number of rotatable bonds is 4. The minimum atomic E-state index is 0.0739. The topological polar surface area (TPSA) is 34.5 Å². The Labute approximate surface area is 124 Å². The van der Waals surface area contributed by atoms with Crippen LogP contribution in [0.3, 0.4) is 0 Å². The number of piperidine rings is 1. The van der Waals surface area contributed by atoms with Gasteiger partial charge < -0.3 is 14.2 Å². The summed E-state index contributed by atoms with van der Waals surface area (Å²) < 4.78 is 7.76. The first-order valence-corrected chi connectivity index (χ1v) is 7.41. The van der Waals surface area contributed by atoms with Crippen molar-refractivity contribution in [3.8, 4) is 5.75 Å². The van der Waals surface area contributed by atoms with E-state index in [4.69, 9.17) is 4.74 Å². The van der Waals surface area contributed by atoms with Crippen LogP contribution in [0.2, 0.25) is 0 Å². The summed E-state index contributed by atoms with van der Waals surface area (Å²) >= 11 is 0. The predicted molar refractivity (Wildman–Crippen MR) is 81.2 cm³/mol. The molecule has 1 aromatic heterocycles. The van der Waals surface area contributed by atoms with Crippen LogP contribution in [0.4, 0.5) is 0 Å². The molecule has 4 heteroatoms. The van der Waals surface area contributed by atoms with Gasteiger partial charge in [0.1, 0.15) is 5.75 Å². The third-order valence-corrected chi connectivity index (χ3v) is 3.97. The van der Waals surface area contributed by atoms with E-state index in [0.717, 1.165) is 31.7 Å². The number of hydrogen-bond acceptors (Lipinski definition) is 2. The number of ether oxygens (including phenoxy) is 1. The minimum absolute atomic E-state index is 0.0739. The van der Waals surface area contributed by atoms with Crippen LogP contribution in [0, 0.1) is 0 Å². The van der Waals surface area contributed by atoms with Crippen molar-refractivity contribution in [3.05, 3.63) is 54.9 Å². The van der Waals surface area contributed by atoms with Crippen LogP contribution in [0.5, 0.6) is 5.75 Å². The van der Waals surface area contributed by atoms with Gasteiger partial charge in [-0.15, -0.1) is 0 Å². The summed E-state index contributed by atoms with van der Waals surface area (Å²) in [5, 5.41) is 0. The molecule has 110 valence electrons. The zero-order chi connectivity index (χ0) is 14.5. The molecule has 3 rings (SSSR count). The standard InChI is InChI=1S/C17H20N2O2/c20-17(14-21-16-6-2-1-3-7-16)19-12-8-15(9-13-19)18-10-4-5-11-18/h1-7,10-11,15H,8-9,12-14H2. The lowest BCUT2D eigenvalue weighted by atomic mass is 10.1. The highest BCUT2D eigenvalue weighted by Gasteiger charge is 2.23. The second kappa shape index (κ2) is 6.48. The summed E-state index contributed by atoms with van der Waals surface area (Å²) in [6, 6.07) is 14.1. The van der Waals surface area contributed by atoms with Crippen LogP contribution in [-0.2, 0) is 4.79 Å². The number of nitrogens with zero attached hydrogens (tertiary/aromatic N) is 2. The zero-order valence-corrected chi connectivity index (χ0v) is 12.0. The Morgan fingerprint density at radius 1 is 1.05 bits per heavy atom. The van der Waals surface area contributed by atoms with Crippen LogP contribution in [-0.4, -0.2) is 35.1 Å². The molecule has 1 aromatic carbocycles. The summed E-state index contributed by atoms with van der Waals surface area (Å²) in [5.74, 6) is 0.817. The molecule has 1 fully saturated rings. The molecule has 2 heterocycles. The summed E-state index contributed by atoms with van der Waals surface area (Å²) in [5.41, 5.74) is 0. The third kappa shape index (κ3) is 3.45. The molecule has 4 nitrogen and oxygen atoms in total. The molecule has 1 aliphatic rings. The Balaban J connectivity index is 1.47. The zero-order valence-electron chi connectivity index (χ0n) is 12.0. The van der Waals surface area contributed by atoms with E-state index in [0.29, 0.717) is 6.04 Å². The highest BCUT2D eigenvalue weighted by molar-refractivity contribution is 5.77. The molecule has 21 heavy (non-hydrogen) atoms. The van der Waals surface area contributed by atoms with Crippen molar-refractivity contribution in [2.75, 3.05) is 19.7 Å². The molecule has 0 saturated carbocycles. The molecule has 0 spiro atoms. The van der Waals surface area contributed by atoms with Crippen molar-refractivity contribution < 1.29 is 9.53 Å². The maximum atomic E-state index is 12.2. The number of amides is 1. The number of carbonyl (C=O) groups excluding carboxylic acids is 1. The van der Waals surface area contributed by atoms with Crippen molar-refractivity contribution >= 4 is 5.91 Å². The largest absolute Gasteiger partial charge is 0.484 e. The number of para-hydroxylation sites is 1. The Morgan fingerprint density at radius 2 is 1.71 bits per heavy atom. The minimum Gasteiger partial charge on any atom is -0.484 e. The summed E-state index contributed by atoms with van der Waals surface area (Å²) in [6.45, 7) is 1.73. The number of likely N-dealkylation sites (tertiary alicyclic amines) is 1. The van der Waals surface area contributed by atoms with E-state index in [-0.39, 0.29) is 12.5 Å². The molecule has 0 radical (unpaired) electrons. The average molecular weight is 284 g/mol. The van der Waals surface area contributed by atoms with Gasteiger partial charge in [-0.1, -0.05) is 18.2 Å². The maximum Gasteiger partial charge on any atom is 0.260 e. The van der Waals surface area contributed by atoms with E-state index < -0.39 is 0 Å². The van der Waals surface area contributed by atoms with Gasteiger partial charge in [-0.3, -0.25) is 4.79 Å². The second-order valence-electron chi connectivity index (χ2n) is 5.34. The van der Waals surface area contributed by atoms with Gasteiger partial charge in [-0.05, 0) is 37.1 Å². The van der Waals surface area contributed by atoms with Gasteiger partial charge >= 0.3 is 0 Å². The van der Waals surface area contributed by atoms with Gasteiger partial charge in [0.2, 0.25) is 0 Å². The Hall–Kier alpha value is -2.23. The average Bonchev–Trinajstić information content (AvgIpc) is 3.08. The lowest BCUT2D eigenvalue weighted by Gasteiger charge is -2.32. The number of aromatic nitrogens is 1. The first kappa shape index (κ1) is 13.7. The first-order chi connectivity index (χ1) is 10.3. The normalized spacial score (nSPS) is 15.9. The van der Waals surface area contributed by atoms with Crippen molar-refractivity contribution in [2.45, 2.75) is 18.9 Å². The Kier molecular flexibility index (Phi) is 4.24. The van der Waals surface area contributed by atoms with Gasteiger partial charge in [-0.25, -0.2) is 0 Å². The van der Waals surface area contributed by atoms with Gasteiger partial charge in [-0.2, -0.15) is 0 Å². The molecule has 1 aliphatic heterocycles. The summed E-state index contributed by atoms with van der Waals surface area (Å²) in [7, 11) is 0. The quantitative estimate of drug-likeness (QED) is 0.865. The van der Waals surface area contributed by atoms with Crippen LogP contribution in [0.15, 0.2) is 54.9 Å². The van der Waals surface area contributed by atoms with Gasteiger partial charge in [0.15, 0.2) is 6.61 Å². The van der Waals surface area contributed by atoms with Crippen LogP contribution < -0.4 is 4.74 Å². The van der Waals surface area contributed by atoms with Crippen LogP contribution in [0.1, 0.15) is 18.9 Å². The van der Waals surface area contributed by atoms with E-state index in [9.17, 15) is 4.79 Å². The van der Waals surface area contributed by atoms with E-state index in [1.165, 1.54) is 0 Å². The third-order valence-electron chi connectivity index (χ3n) is 3.97. The van der Waals surface area contributed by atoms with Crippen molar-refractivity contribution in [1.29, 1.82) is 0 Å². The molecule has 2 aromatic rings. The number of benzene rings is 1. The fourth-order valence-corrected chi connectivity index (χ4v) is 2.76. The van der Waals surface area contributed by atoms with E-state index >= 15 is 0 Å².